The van der Waals surface area contributed by atoms with Crippen LogP contribution in [0.4, 0.5) is 5.82 Å². The number of anilines is 1. The molecule has 7 heteroatoms. The summed E-state index contributed by atoms with van der Waals surface area (Å²) in [5.74, 6) is 1.65. The fraction of sp³-hybridized carbons (Fsp3) is 0.353. The Hall–Kier alpha value is -2.18. The number of rotatable bonds is 6. The van der Waals surface area contributed by atoms with Crippen molar-refractivity contribution >= 4 is 28.3 Å². The van der Waals surface area contributed by atoms with Gasteiger partial charge in [-0.15, -0.1) is 10.2 Å². The highest BCUT2D eigenvalue weighted by atomic mass is 35.5. The second-order valence-electron chi connectivity index (χ2n) is 5.73. The average molecular weight is 346 g/mol. The molecule has 126 valence electrons. The van der Waals surface area contributed by atoms with Crippen molar-refractivity contribution in [1.82, 2.24) is 19.7 Å². The number of hydrogen-bond donors (Lipinski definition) is 1. The Morgan fingerprint density at radius 2 is 2.17 bits per heavy atom. The summed E-state index contributed by atoms with van der Waals surface area (Å²) in [5, 5.41) is 13.4. The molecule has 3 aromatic rings. The Morgan fingerprint density at radius 3 is 2.96 bits per heavy atom. The van der Waals surface area contributed by atoms with Gasteiger partial charge in [0.25, 0.3) is 0 Å². The maximum atomic E-state index is 6.07. The van der Waals surface area contributed by atoms with Crippen molar-refractivity contribution in [3.05, 3.63) is 47.0 Å². The Balaban J connectivity index is 1.84. The van der Waals surface area contributed by atoms with E-state index in [4.69, 9.17) is 16.3 Å². The molecule has 0 saturated heterocycles. The lowest BCUT2D eigenvalue weighted by atomic mass is 10.1. The molecule has 0 radical (unpaired) electrons. The number of ether oxygens (including phenoxy) is 1. The molecule has 1 N–H and O–H groups in total. The van der Waals surface area contributed by atoms with Gasteiger partial charge in [-0.05, 0) is 43.7 Å². The normalized spacial score (nSPS) is 12.5. The van der Waals surface area contributed by atoms with Crippen molar-refractivity contribution in [3.8, 4) is 0 Å². The summed E-state index contributed by atoms with van der Waals surface area (Å²) in [4.78, 5) is 4.67. The van der Waals surface area contributed by atoms with Crippen molar-refractivity contribution in [1.29, 1.82) is 0 Å². The quantitative estimate of drug-likeness (QED) is 0.739. The van der Waals surface area contributed by atoms with Crippen LogP contribution in [0.25, 0.3) is 10.9 Å². The van der Waals surface area contributed by atoms with Crippen LogP contribution in [0.5, 0.6) is 0 Å². The number of methoxy groups -OCH3 is 1. The minimum atomic E-state index is -0.0268. The maximum Gasteiger partial charge on any atom is 0.155 e. The Bertz CT molecular complexity index is 848. The van der Waals surface area contributed by atoms with Crippen molar-refractivity contribution in [2.24, 2.45) is 0 Å². The van der Waals surface area contributed by atoms with Crippen LogP contribution in [0.15, 0.2) is 30.6 Å². The first kappa shape index (κ1) is 16.7. The molecule has 1 unspecified atom stereocenters. The lowest BCUT2D eigenvalue weighted by Crippen LogP contribution is -2.16. The van der Waals surface area contributed by atoms with Crippen molar-refractivity contribution in [3.63, 3.8) is 0 Å². The van der Waals surface area contributed by atoms with E-state index in [1.807, 2.05) is 35.8 Å². The van der Waals surface area contributed by atoms with Gasteiger partial charge < -0.3 is 14.6 Å². The van der Waals surface area contributed by atoms with Crippen LogP contribution in [-0.4, -0.2) is 33.5 Å². The fourth-order valence-electron chi connectivity index (χ4n) is 2.69. The number of hydrogen-bond acceptors (Lipinski definition) is 5. The largest absolute Gasteiger partial charge is 0.383 e. The molecule has 24 heavy (non-hydrogen) atoms. The first-order chi connectivity index (χ1) is 11.6. The number of fused-ring (bicyclic) bond motifs is 1. The summed E-state index contributed by atoms with van der Waals surface area (Å²) >= 11 is 6.07. The Labute approximate surface area is 145 Å². The molecule has 0 saturated carbocycles. The number of pyridine rings is 1. The molecule has 2 heterocycles. The number of benzene rings is 1. The van der Waals surface area contributed by atoms with Crippen LogP contribution in [0.1, 0.15) is 24.4 Å². The monoisotopic (exact) mass is 345 g/mol. The van der Waals surface area contributed by atoms with Crippen molar-refractivity contribution in [2.45, 2.75) is 26.4 Å². The third-order valence-electron chi connectivity index (χ3n) is 3.91. The molecule has 0 aliphatic heterocycles. The SMILES string of the molecule is COCCn1cnnc1C(C)Nc1cc(C)c2cc(Cl)ccc2n1. The summed E-state index contributed by atoms with van der Waals surface area (Å²) in [7, 11) is 1.68. The van der Waals surface area contributed by atoms with Gasteiger partial charge in [-0.2, -0.15) is 0 Å². The molecule has 2 aromatic heterocycles. The molecule has 0 aliphatic carbocycles. The molecule has 0 aliphatic rings. The molecule has 1 atom stereocenters. The van der Waals surface area contributed by atoms with E-state index in [0.717, 1.165) is 28.1 Å². The fourth-order valence-corrected chi connectivity index (χ4v) is 2.86. The number of nitrogens with zero attached hydrogens (tertiary/aromatic N) is 4. The minimum Gasteiger partial charge on any atom is -0.383 e. The van der Waals surface area contributed by atoms with Crippen LogP contribution in [-0.2, 0) is 11.3 Å². The molecule has 0 bridgehead atoms. The standard InChI is InChI=1S/C17H20ClN5O/c1-11-8-16(21-15-5-4-13(18)9-14(11)15)20-12(2)17-22-19-10-23(17)6-7-24-3/h4-5,8-10,12H,6-7H2,1-3H3,(H,20,21). The van der Waals surface area contributed by atoms with Gasteiger partial charge in [0.05, 0.1) is 18.2 Å². The van der Waals surface area contributed by atoms with Crippen LogP contribution in [0, 0.1) is 6.92 Å². The summed E-state index contributed by atoms with van der Waals surface area (Å²) in [6, 6.07) is 7.71. The Kier molecular flexibility index (Phi) is 4.97. The van der Waals surface area contributed by atoms with E-state index in [1.54, 1.807) is 13.4 Å². The van der Waals surface area contributed by atoms with Gasteiger partial charge in [0.2, 0.25) is 0 Å². The summed E-state index contributed by atoms with van der Waals surface area (Å²) in [5.41, 5.74) is 2.04. The van der Waals surface area contributed by atoms with Crippen molar-refractivity contribution < 1.29 is 4.74 Å². The number of halogens is 1. The van der Waals surface area contributed by atoms with Crippen LogP contribution < -0.4 is 5.32 Å². The highest BCUT2D eigenvalue weighted by Crippen LogP contribution is 2.25. The number of nitrogens with one attached hydrogen (secondary N) is 1. The molecule has 0 spiro atoms. The first-order valence-electron chi connectivity index (χ1n) is 7.78. The number of aryl methyl sites for hydroxylation is 1. The summed E-state index contributed by atoms with van der Waals surface area (Å²) < 4.78 is 7.10. The number of aromatic nitrogens is 4. The van der Waals surface area contributed by atoms with E-state index in [-0.39, 0.29) is 6.04 Å². The first-order valence-corrected chi connectivity index (χ1v) is 8.16. The molecule has 3 rings (SSSR count). The van der Waals surface area contributed by atoms with Gasteiger partial charge in [-0.25, -0.2) is 4.98 Å². The Morgan fingerprint density at radius 1 is 1.33 bits per heavy atom. The predicted octanol–water partition coefficient (Wildman–Crippen LogP) is 3.61. The third-order valence-corrected chi connectivity index (χ3v) is 4.15. The second-order valence-corrected chi connectivity index (χ2v) is 6.16. The molecule has 1 aromatic carbocycles. The smallest absolute Gasteiger partial charge is 0.155 e. The van der Waals surface area contributed by atoms with Crippen LogP contribution in [0.2, 0.25) is 5.02 Å². The topological polar surface area (TPSA) is 64.9 Å². The van der Waals surface area contributed by atoms with E-state index in [1.165, 1.54) is 0 Å². The molecule has 6 nitrogen and oxygen atoms in total. The molecular formula is C17H20ClN5O. The van der Waals surface area contributed by atoms with Crippen LogP contribution in [0.3, 0.4) is 0 Å². The third kappa shape index (κ3) is 3.49. The van der Waals surface area contributed by atoms with E-state index < -0.39 is 0 Å². The van der Waals surface area contributed by atoms with Crippen LogP contribution >= 0.6 is 11.6 Å². The highest BCUT2D eigenvalue weighted by Gasteiger charge is 2.14. The zero-order valence-electron chi connectivity index (χ0n) is 14.0. The van der Waals surface area contributed by atoms with Crippen molar-refractivity contribution in [2.75, 3.05) is 19.0 Å². The lowest BCUT2D eigenvalue weighted by molar-refractivity contribution is 0.186. The summed E-state index contributed by atoms with van der Waals surface area (Å²) in [6.07, 6.45) is 1.72. The highest BCUT2D eigenvalue weighted by molar-refractivity contribution is 6.31. The average Bonchev–Trinajstić information content (AvgIpc) is 3.02. The zero-order chi connectivity index (χ0) is 17.1. The van der Waals surface area contributed by atoms with Gasteiger partial charge in [0, 0.05) is 24.1 Å². The predicted molar refractivity (Wildman–Crippen MR) is 95.4 cm³/mol. The summed E-state index contributed by atoms with van der Waals surface area (Å²) in [6.45, 7) is 5.42. The zero-order valence-corrected chi connectivity index (χ0v) is 14.7. The van der Waals surface area contributed by atoms with Gasteiger partial charge in [0.15, 0.2) is 5.82 Å². The van der Waals surface area contributed by atoms with E-state index in [9.17, 15) is 0 Å². The van der Waals surface area contributed by atoms with Gasteiger partial charge in [-0.1, -0.05) is 11.6 Å². The van der Waals surface area contributed by atoms with E-state index >= 15 is 0 Å². The van der Waals surface area contributed by atoms with Gasteiger partial charge in [-0.3, -0.25) is 0 Å². The van der Waals surface area contributed by atoms with Gasteiger partial charge >= 0.3 is 0 Å². The van der Waals surface area contributed by atoms with E-state index in [2.05, 4.69) is 27.4 Å². The minimum absolute atomic E-state index is 0.0268. The van der Waals surface area contributed by atoms with E-state index in [0.29, 0.717) is 18.2 Å². The second kappa shape index (κ2) is 7.15. The molecule has 0 amide bonds. The van der Waals surface area contributed by atoms with Gasteiger partial charge in [0.1, 0.15) is 12.1 Å². The lowest BCUT2D eigenvalue weighted by Gasteiger charge is -2.16. The molecule has 0 fully saturated rings. The molecular weight excluding hydrogens is 326 g/mol. The maximum absolute atomic E-state index is 6.07.